The van der Waals surface area contributed by atoms with E-state index in [1.807, 2.05) is 60.7 Å². The van der Waals surface area contributed by atoms with Gasteiger partial charge in [-0.15, -0.1) is 0 Å². The van der Waals surface area contributed by atoms with Crippen molar-refractivity contribution in [3.05, 3.63) is 97.1 Å². The monoisotopic (exact) mass is 394 g/mol. The molecule has 0 radical (unpaired) electrons. The van der Waals surface area contributed by atoms with Crippen molar-refractivity contribution in [1.82, 2.24) is 0 Å². The highest BCUT2D eigenvalue weighted by Gasteiger charge is 2.06. The van der Waals surface area contributed by atoms with Crippen molar-refractivity contribution in [1.29, 1.82) is 0 Å². The van der Waals surface area contributed by atoms with Crippen LogP contribution >= 0.6 is 0 Å². The summed E-state index contributed by atoms with van der Waals surface area (Å²) in [6.07, 6.45) is 0. The summed E-state index contributed by atoms with van der Waals surface area (Å²) in [6.45, 7) is 0.854. The zero-order valence-electron chi connectivity index (χ0n) is 16.0. The normalized spacial score (nSPS) is 10.3. The first-order chi connectivity index (χ1) is 14.8. The van der Waals surface area contributed by atoms with Gasteiger partial charge in [0, 0.05) is 0 Å². The van der Waals surface area contributed by atoms with Crippen molar-refractivity contribution in [3.63, 3.8) is 0 Å². The summed E-state index contributed by atoms with van der Waals surface area (Å²) in [5, 5.41) is 0. The molecule has 0 aliphatic heterocycles. The molecule has 0 saturated heterocycles. The molecule has 0 N–H and O–H groups in total. The second kappa shape index (κ2) is 8.88. The zero-order valence-corrected chi connectivity index (χ0v) is 16.0. The fraction of sp³-hybridized carbons (Fsp3) is 0. The highest BCUT2D eigenvalue weighted by molar-refractivity contribution is 5.77. The molecule has 0 spiro atoms. The van der Waals surface area contributed by atoms with Crippen molar-refractivity contribution >= 4 is 12.9 Å². The van der Waals surface area contributed by atoms with Crippen LogP contribution in [-0.4, -0.2) is 12.9 Å². The van der Waals surface area contributed by atoms with Gasteiger partial charge in [-0.3, -0.25) is 9.59 Å². The van der Waals surface area contributed by atoms with Gasteiger partial charge in [0.05, 0.1) is 0 Å². The average molecular weight is 394 g/mol. The lowest BCUT2D eigenvalue weighted by Gasteiger charge is -2.09. The smallest absolute Gasteiger partial charge is 0.298 e. The number of carbonyl (C=O) groups is 2. The van der Waals surface area contributed by atoms with Gasteiger partial charge < -0.3 is 9.47 Å². The van der Waals surface area contributed by atoms with Gasteiger partial charge in [0.2, 0.25) is 0 Å². The molecule has 0 fully saturated rings. The molecular weight excluding hydrogens is 376 g/mol. The summed E-state index contributed by atoms with van der Waals surface area (Å²) in [5.74, 6) is 1.01. The molecule has 4 nitrogen and oxygen atoms in total. The lowest BCUT2D eigenvalue weighted by atomic mass is 9.96. The van der Waals surface area contributed by atoms with Crippen LogP contribution in [0.3, 0.4) is 0 Å². The third-order valence-electron chi connectivity index (χ3n) is 4.76. The molecule has 0 saturated carbocycles. The van der Waals surface area contributed by atoms with Gasteiger partial charge in [-0.25, -0.2) is 0 Å². The van der Waals surface area contributed by atoms with Crippen molar-refractivity contribution in [2.45, 2.75) is 0 Å². The molecule has 0 aromatic heterocycles. The Labute approximate surface area is 174 Å². The van der Waals surface area contributed by atoms with Crippen molar-refractivity contribution < 1.29 is 19.1 Å². The van der Waals surface area contributed by atoms with Gasteiger partial charge in [0.15, 0.2) is 0 Å². The Hall–Kier alpha value is -4.18. The molecule has 4 aromatic rings. The Morgan fingerprint density at radius 3 is 1.07 bits per heavy atom. The number of rotatable bonds is 7. The topological polar surface area (TPSA) is 52.6 Å². The second-order valence-electron chi connectivity index (χ2n) is 6.65. The van der Waals surface area contributed by atoms with E-state index in [1.165, 1.54) is 0 Å². The predicted octanol–water partition coefficient (Wildman–Crippen LogP) is 5.76. The highest BCUT2D eigenvalue weighted by atomic mass is 16.5. The van der Waals surface area contributed by atoms with E-state index in [4.69, 9.17) is 9.47 Å². The average Bonchev–Trinajstić information content (AvgIpc) is 2.80. The van der Waals surface area contributed by atoms with E-state index in [0.29, 0.717) is 24.4 Å². The van der Waals surface area contributed by atoms with Crippen LogP contribution in [0, 0.1) is 0 Å². The van der Waals surface area contributed by atoms with E-state index in [1.54, 1.807) is 12.1 Å². The molecular formula is C26H18O4. The number of hydrogen-bond donors (Lipinski definition) is 0. The van der Waals surface area contributed by atoms with Gasteiger partial charge >= 0.3 is 0 Å². The van der Waals surface area contributed by atoms with Crippen molar-refractivity contribution in [3.8, 4) is 44.9 Å². The SMILES string of the molecule is O=COc1cccc(-c2cccc(-c3cccc(-c4cccc(OC=O)c4)c3)c2)c1. The molecule has 4 heteroatoms. The van der Waals surface area contributed by atoms with Crippen molar-refractivity contribution in [2.75, 3.05) is 0 Å². The Morgan fingerprint density at radius 2 is 0.733 bits per heavy atom. The summed E-state index contributed by atoms with van der Waals surface area (Å²) in [4.78, 5) is 21.2. The van der Waals surface area contributed by atoms with Gasteiger partial charge in [-0.2, -0.15) is 0 Å². The van der Waals surface area contributed by atoms with Crippen LogP contribution in [0.5, 0.6) is 11.5 Å². The van der Waals surface area contributed by atoms with Crippen LogP contribution in [0.1, 0.15) is 0 Å². The molecule has 4 aromatic carbocycles. The molecule has 0 amide bonds. The summed E-state index contributed by atoms with van der Waals surface area (Å²) < 4.78 is 9.92. The maximum Gasteiger partial charge on any atom is 0.298 e. The summed E-state index contributed by atoms with van der Waals surface area (Å²) in [5.41, 5.74) is 6.11. The minimum Gasteiger partial charge on any atom is -0.429 e. The van der Waals surface area contributed by atoms with E-state index in [0.717, 1.165) is 33.4 Å². The molecule has 0 aliphatic rings. The standard InChI is InChI=1S/C26H18O4/c27-17-29-25-11-3-9-23(15-25)21-7-1-5-19(13-21)20-6-2-8-22(14-20)24-10-4-12-26(16-24)30-18-28/h1-18H. The van der Waals surface area contributed by atoms with Crippen LogP contribution in [-0.2, 0) is 9.59 Å². The van der Waals surface area contributed by atoms with Crippen LogP contribution in [0.15, 0.2) is 97.1 Å². The van der Waals surface area contributed by atoms with Crippen LogP contribution in [0.4, 0.5) is 0 Å². The van der Waals surface area contributed by atoms with E-state index in [2.05, 4.69) is 24.3 Å². The van der Waals surface area contributed by atoms with Gasteiger partial charge in [0.1, 0.15) is 11.5 Å². The number of carbonyl (C=O) groups excluding carboxylic acids is 2. The zero-order chi connectivity index (χ0) is 20.8. The Morgan fingerprint density at radius 1 is 0.433 bits per heavy atom. The molecule has 30 heavy (non-hydrogen) atoms. The second-order valence-corrected chi connectivity index (χ2v) is 6.65. The minimum atomic E-state index is 0.427. The van der Waals surface area contributed by atoms with Gasteiger partial charge in [-0.1, -0.05) is 60.7 Å². The number of hydrogen-bond acceptors (Lipinski definition) is 4. The Bertz CT molecular complexity index is 1100. The lowest BCUT2D eigenvalue weighted by molar-refractivity contribution is -0.121. The first-order valence-electron chi connectivity index (χ1n) is 9.39. The molecule has 0 heterocycles. The maximum atomic E-state index is 10.6. The number of ether oxygens (including phenoxy) is 2. The minimum absolute atomic E-state index is 0.427. The van der Waals surface area contributed by atoms with E-state index < -0.39 is 0 Å². The molecule has 4 rings (SSSR count). The van der Waals surface area contributed by atoms with Crippen LogP contribution < -0.4 is 9.47 Å². The summed E-state index contributed by atoms with van der Waals surface area (Å²) in [7, 11) is 0. The number of benzene rings is 4. The third kappa shape index (κ3) is 4.28. The maximum absolute atomic E-state index is 10.6. The van der Waals surface area contributed by atoms with E-state index in [9.17, 15) is 9.59 Å². The van der Waals surface area contributed by atoms with Crippen LogP contribution in [0.25, 0.3) is 33.4 Å². The van der Waals surface area contributed by atoms with E-state index >= 15 is 0 Å². The molecule has 146 valence electrons. The highest BCUT2D eigenvalue weighted by Crippen LogP contribution is 2.31. The summed E-state index contributed by atoms with van der Waals surface area (Å²) in [6, 6.07) is 31.2. The Kier molecular flexibility index (Phi) is 5.67. The predicted molar refractivity (Wildman–Crippen MR) is 116 cm³/mol. The lowest BCUT2D eigenvalue weighted by Crippen LogP contribution is -1.89. The first-order valence-corrected chi connectivity index (χ1v) is 9.39. The quantitative estimate of drug-likeness (QED) is 0.374. The summed E-state index contributed by atoms with van der Waals surface area (Å²) >= 11 is 0. The third-order valence-corrected chi connectivity index (χ3v) is 4.76. The fourth-order valence-electron chi connectivity index (χ4n) is 3.37. The van der Waals surface area contributed by atoms with Gasteiger partial charge in [0.25, 0.3) is 12.9 Å². The van der Waals surface area contributed by atoms with Crippen molar-refractivity contribution in [2.24, 2.45) is 0 Å². The van der Waals surface area contributed by atoms with Gasteiger partial charge in [-0.05, 0) is 69.8 Å². The molecule has 0 aliphatic carbocycles. The fourth-order valence-corrected chi connectivity index (χ4v) is 3.37. The molecule has 0 atom stereocenters. The molecule has 0 bridgehead atoms. The first kappa shape index (κ1) is 19.2. The Balaban J connectivity index is 1.69. The van der Waals surface area contributed by atoms with Crippen LogP contribution in [0.2, 0.25) is 0 Å². The largest absolute Gasteiger partial charge is 0.429 e. The molecule has 0 unspecified atom stereocenters. The van der Waals surface area contributed by atoms with E-state index in [-0.39, 0.29) is 0 Å².